The van der Waals surface area contributed by atoms with E-state index in [0.717, 1.165) is 0 Å². The first kappa shape index (κ1) is 8.83. The van der Waals surface area contributed by atoms with Crippen LogP contribution in [0.4, 0.5) is 0 Å². The molecule has 0 radical (unpaired) electrons. The second-order valence-electron chi connectivity index (χ2n) is 2.61. The lowest BCUT2D eigenvalue weighted by atomic mass is 10.2. The van der Waals surface area contributed by atoms with Crippen LogP contribution in [-0.4, -0.2) is 19.9 Å². The van der Waals surface area contributed by atoms with Crippen molar-refractivity contribution in [3.63, 3.8) is 0 Å². The molecule has 0 aromatic heterocycles. The third-order valence-electron chi connectivity index (χ3n) is 1.77. The highest BCUT2D eigenvalue weighted by Gasteiger charge is 2.17. The molecule has 2 rings (SSSR count). The highest BCUT2D eigenvalue weighted by Crippen LogP contribution is 2.32. The molecule has 0 N–H and O–H groups in total. The number of carbonyl (C=O) groups excluding carboxylic acids is 1. The predicted molar refractivity (Wildman–Crippen MR) is 45.0 cm³/mol. The van der Waals surface area contributed by atoms with Crippen LogP contribution in [0.25, 0.3) is 0 Å². The van der Waals surface area contributed by atoms with E-state index >= 15 is 0 Å². The first-order valence-corrected chi connectivity index (χ1v) is 3.96. The second-order valence-corrected chi connectivity index (χ2v) is 2.61. The maximum absolute atomic E-state index is 11.2. The van der Waals surface area contributed by atoms with Crippen LogP contribution in [0, 0.1) is 0 Å². The minimum Gasteiger partial charge on any atom is -0.454 e. The molecule has 1 aliphatic rings. The van der Waals surface area contributed by atoms with Gasteiger partial charge in [0.2, 0.25) is 6.79 Å². The maximum atomic E-state index is 11.2. The Morgan fingerprint density at radius 2 is 2.14 bits per heavy atom. The van der Waals surface area contributed by atoms with Crippen molar-refractivity contribution in [1.82, 2.24) is 0 Å². The molecule has 0 aliphatic carbocycles. The summed E-state index contributed by atoms with van der Waals surface area (Å²) in [6, 6.07) is 4.77. The molecule has 1 aliphatic heterocycles. The van der Waals surface area contributed by atoms with Gasteiger partial charge in [-0.05, 0) is 18.2 Å². The smallest absolute Gasteiger partial charge is 0.373 e. The zero-order valence-electron chi connectivity index (χ0n) is 7.48. The van der Waals surface area contributed by atoms with Crippen molar-refractivity contribution in [2.75, 3.05) is 13.9 Å². The van der Waals surface area contributed by atoms with Gasteiger partial charge in [-0.1, -0.05) is 0 Å². The van der Waals surface area contributed by atoms with Crippen molar-refractivity contribution in [3.05, 3.63) is 23.8 Å². The molecule has 1 heterocycles. The standard InChI is InChI=1S/C9H8O5/c1-11-14-9(10)6-2-3-7-8(4-6)13-5-12-7/h2-4H,5H2,1H3. The van der Waals surface area contributed by atoms with Crippen molar-refractivity contribution in [2.45, 2.75) is 0 Å². The number of rotatable bonds is 2. The van der Waals surface area contributed by atoms with Gasteiger partial charge in [-0.3, -0.25) is 4.89 Å². The second kappa shape index (κ2) is 3.55. The van der Waals surface area contributed by atoms with E-state index in [9.17, 15) is 4.79 Å². The summed E-state index contributed by atoms with van der Waals surface area (Å²) in [7, 11) is 1.27. The molecule has 0 atom stereocenters. The number of hydrogen-bond donors (Lipinski definition) is 0. The SMILES string of the molecule is COOC(=O)c1ccc2c(c1)OCO2. The Kier molecular flexibility index (Phi) is 2.24. The van der Waals surface area contributed by atoms with Crippen LogP contribution in [0.15, 0.2) is 18.2 Å². The lowest BCUT2D eigenvalue weighted by Crippen LogP contribution is -2.03. The summed E-state index contributed by atoms with van der Waals surface area (Å²) in [5.74, 6) is 0.598. The van der Waals surface area contributed by atoms with Gasteiger partial charge in [0.1, 0.15) is 0 Å². The molecule has 14 heavy (non-hydrogen) atoms. The van der Waals surface area contributed by atoms with E-state index in [1.807, 2.05) is 0 Å². The molecule has 1 aromatic carbocycles. The van der Waals surface area contributed by atoms with Crippen molar-refractivity contribution in [2.24, 2.45) is 0 Å². The van der Waals surface area contributed by atoms with Crippen LogP contribution in [-0.2, 0) is 9.78 Å². The molecule has 0 spiro atoms. The molecule has 0 fully saturated rings. The Morgan fingerprint density at radius 3 is 2.93 bits per heavy atom. The van der Waals surface area contributed by atoms with Crippen molar-refractivity contribution in [3.8, 4) is 11.5 Å². The van der Waals surface area contributed by atoms with Crippen molar-refractivity contribution >= 4 is 5.97 Å². The largest absolute Gasteiger partial charge is 0.454 e. The number of fused-ring (bicyclic) bond motifs is 1. The van der Waals surface area contributed by atoms with Crippen LogP contribution < -0.4 is 9.47 Å². The third kappa shape index (κ3) is 1.49. The minimum atomic E-state index is -0.564. The van der Waals surface area contributed by atoms with Crippen LogP contribution in [0.3, 0.4) is 0 Å². The summed E-state index contributed by atoms with van der Waals surface area (Å²) in [5, 5.41) is 0. The van der Waals surface area contributed by atoms with Crippen LogP contribution in [0.5, 0.6) is 11.5 Å². The summed E-state index contributed by atoms with van der Waals surface area (Å²) >= 11 is 0. The summed E-state index contributed by atoms with van der Waals surface area (Å²) in [6.07, 6.45) is 0. The van der Waals surface area contributed by atoms with E-state index in [1.165, 1.54) is 7.11 Å². The van der Waals surface area contributed by atoms with E-state index in [-0.39, 0.29) is 6.79 Å². The maximum Gasteiger partial charge on any atom is 0.373 e. The highest BCUT2D eigenvalue weighted by molar-refractivity contribution is 5.89. The van der Waals surface area contributed by atoms with Crippen LogP contribution in [0.1, 0.15) is 10.4 Å². The summed E-state index contributed by atoms with van der Waals surface area (Å²) < 4.78 is 10.2. The van der Waals surface area contributed by atoms with Crippen LogP contribution in [0.2, 0.25) is 0 Å². The first-order chi connectivity index (χ1) is 6.81. The van der Waals surface area contributed by atoms with E-state index in [2.05, 4.69) is 9.78 Å². The fourth-order valence-electron chi connectivity index (χ4n) is 1.15. The lowest BCUT2D eigenvalue weighted by molar-refractivity contribution is -0.216. The van der Waals surface area contributed by atoms with Gasteiger partial charge in [0, 0.05) is 0 Å². The monoisotopic (exact) mass is 196 g/mol. The van der Waals surface area contributed by atoms with E-state index in [1.54, 1.807) is 18.2 Å². The Morgan fingerprint density at radius 1 is 1.36 bits per heavy atom. The molecule has 0 bridgehead atoms. The van der Waals surface area contributed by atoms with Crippen LogP contribution >= 0.6 is 0 Å². The van der Waals surface area contributed by atoms with Gasteiger partial charge in [0.05, 0.1) is 12.7 Å². The normalized spacial score (nSPS) is 12.6. The molecular formula is C9H8O5. The van der Waals surface area contributed by atoms with Gasteiger partial charge < -0.3 is 9.47 Å². The third-order valence-corrected chi connectivity index (χ3v) is 1.77. The first-order valence-electron chi connectivity index (χ1n) is 3.96. The van der Waals surface area contributed by atoms with Crippen molar-refractivity contribution in [1.29, 1.82) is 0 Å². The average molecular weight is 196 g/mol. The molecule has 5 heteroatoms. The lowest BCUT2D eigenvalue weighted by Gasteiger charge is -2.00. The Hall–Kier alpha value is -1.75. The summed E-state index contributed by atoms with van der Waals surface area (Å²) in [6.45, 7) is 0.179. The summed E-state index contributed by atoms with van der Waals surface area (Å²) in [4.78, 5) is 19.8. The molecule has 0 amide bonds. The Balaban J connectivity index is 2.24. The van der Waals surface area contributed by atoms with E-state index < -0.39 is 5.97 Å². The molecule has 0 saturated carbocycles. The summed E-state index contributed by atoms with van der Waals surface area (Å²) in [5.41, 5.74) is 0.358. The van der Waals surface area contributed by atoms with Gasteiger partial charge in [0.15, 0.2) is 11.5 Å². The quantitative estimate of drug-likeness (QED) is 0.524. The fourth-order valence-corrected chi connectivity index (χ4v) is 1.15. The minimum absolute atomic E-state index is 0.179. The van der Waals surface area contributed by atoms with Gasteiger partial charge in [-0.2, -0.15) is 4.89 Å². The predicted octanol–water partition coefficient (Wildman–Crippen LogP) is 1.13. The van der Waals surface area contributed by atoms with E-state index in [0.29, 0.717) is 17.1 Å². The zero-order valence-corrected chi connectivity index (χ0v) is 7.48. The zero-order chi connectivity index (χ0) is 9.97. The van der Waals surface area contributed by atoms with Crippen molar-refractivity contribution < 1.29 is 24.0 Å². The molecule has 0 saturated heterocycles. The number of ether oxygens (including phenoxy) is 2. The molecule has 1 aromatic rings. The van der Waals surface area contributed by atoms with Gasteiger partial charge in [-0.15, -0.1) is 0 Å². The Bertz CT molecular complexity index is 360. The van der Waals surface area contributed by atoms with Gasteiger partial charge >= 0.3 is 5.97 Å². The number of hydrogen-bond acceptors (Lipinski definition) is 5. The average Bonchev–Trinajstić information content (AvgIpc) is 2.64. The highest BCUT2D eigenvalue weighted by atomic mass is 17.2. The van der Waals surface area contributed by atoms with Gasteiger partial charge in [0.25, 0.3) is 0 Å². The molecule has 74 valence electrons. The van der Waals surface area contributed by atoms with E-state index in [4.69, 9.17) is 9.47 Å². The molecule has 0 unspecified atom stereocenters. The fraction of sp³-hybridized carbons (Fsp3) is 0.222. The molecular weight excluding hydrogens is 188 g/mol. The molecule has 5 nitrogen and oxygen atoms in total. The van der Waals surface area contributed by atoms with Gasteiger partial charge in [-0.25, -0.2) is 4.79 Å². The Labute approximate surface area is 80.1 Å². The number of benzene rings is 1. The number of carbonyl (C=O) groups is 1. The topological polar surface area (TPSA) is 54.0 Å².